The second-order valence-corrected chi connectivity index (χ2v) is 12.0. The minimum atomic E-state index is 0.902. The molecule has 0 amide bonds. The van der Waals surface area contributed by atoms with Crippen molar-refractivity contribution in [3.05, 3.63) is 192 Å². The third-order valence-electron chi connectivity index (χ3n) is 8.81. The molecule has 0 aliphatic heterocycles. The summed E-state index contributed by atoms with van der Waals surface area (Å²) < 4.78 is 0. The molecule has 2 N–H and O–H groups in total. The van der Waals surface area contributed by atoms with E-state index in [2.05, 4.69) is 174 Å². The van der Waals surface area contributed by atoms with Gasteiger partial charge in [-0.1, -0.05) is 121 Å². The molecule has 2 heteroatoms. The number of rotatable bonds is 8. The molecular formula is C44H34N2. The standard InChI is InChI=1S/C44H34N2/c1-4-11-31(12-5-1)25-33-15-10-16-37(27-33)39-29-35(20-23-42(39)45-38-17-8-3-9-18-38)36-21-24-44-41(30-36)40-28-34(19-22-43(40)46-44)26-32-13-6-2-7-14-32/h1-24,27-30,45-46H,25-26H2. The first-order chi connectivity index (χ1) is 22.7. The molecule has 0 radical (unpaired) electrons. The van der Waals surface area contributed by atoms with Gasteiger partial charge in [0.15, 0.2) is 0 Å². The van der Waals surface area contributed by atoms with E-state index in [0.717, 1.165) is 29.7 Å². The summed E-state index contributed by atoms with van der Waals surface area (Å²) in [6, 6.07) is 61.1. The van der Waals surface area contributed by atoms with Crippen molar-refractivity contribution < 1.29 is 0 Å². The number of aromatic amines is 1. The van der Waals surface area contributed by atoms with Crippen LogP contribution >= 0.6 is 0 Å². The summed E-state index contributed by atoms with van der Waals surface area (Å²) in [5, 5.41) is 6.21. The van der Waals surface area contributed by atoms with Crippen LogP contribution in [0.1, 0.15) is 22.3 Å². The topological polar surface area (TPSA) is 27.8 Å². The second-order valence-electron chi connectivity index (χ2n) is 12.0. The van der Waals surface area contributed by atoms with E-state index in [1.807, 2.05) is 6.07 Å². The predicted molar refractivity (Wildman–Crippen MR) is 195 cm³/mol. The Morgan fingerprint density at radius 1 is 0.391 bits per heavy atom. The van der Waals surface area contributed by atoms with E-state index < -0.39 is 0 Å². The Hall–Kier alpha value is -5.86. The predicted octanol–water partition coefficient (Wildman–Crippen LogP) is 11.6. The first-order valence-electron chi connectivity index (χ1n) is 15.9. The molecule has 0 saturated heterocycles. The van der Waals surface area contributed by atoms with Crippen LogP contribution in [0, 0.1) is 0 Å². The lowest BCUT2D eigenvalue weighted by Gasteiger charge is -2.16. The molecule has 8 rings (SSSR count). The molecule has 0 atom stereocenters. The molecular weight excluding hydrogens is 556 g/mol. The summed E-state index contributed by atoms with van der Waals surface area (Å²) in [6.45, 7) is 0. The van der Waals surface area contributed by atoms with Crippen molar-refractivity contribution in [2.24, 2.45) is 0 Å². The molecule has 46 heavy (non-hydrogen) atoms. The van der Waals surface area contributed by atoms with Crippen LogP contribution < -0.4 is 5.32 Å². The van der Waals surface area contributed by atoms with Crippen molar-refractivity contribution in [1.29, 1.82) is 0 Å². The van der Waals surface area contributed by atoms with Gasteiger partial charge in [0.25, 0.3) is 0 Å². The zero-order chi connectivity index (χ0) is 30.7. The molecule has 0 spiro atoms. The van der Waals surface area contributed by atoms with E-state index in [9.17, 15) is 0 Å². The van der Waals surface area contributed by atoms with E-state index in [1.165, 1.54) is 60.8 Å². The molecule has 0 aliphatic rings. The Bertz CT molecular complexity index is 2270. The van der Waals surface area contributed by atoms with Crippen molar-refractivity contribution in [3.8, 4) is 22.3 Å². The van der Waals surface area contributed by atoms with Crippen LogP contribution in [0.15, 0.2) is 170 Å². The number of hydrogen-bond acceptors (Lipinski definition) is 1. The first-order valence-corrected chi connectivity index (χ1v) is 15.9. The number of benzene rings is 7. The first kappa shape index (κ1) is 27.7. The SMILES string of the molecule is c1ccc(Cc2cccc(-c3cc(-c4ccc5[nH]c6ccc(Cc7ccccc7)cc6c5c4)ccc3Nc3ccccc3)c2)cc1. The fourth-order valence-electron chi connectivity index (χ4n) is 6.49. The number of H-pyrrole nitrogens is 1. The molecule has 1 aromatic heterocycles. The third-order valence-corrected chi connectivity index (χ3v) is 8.81. The number of nitrogens with one attached hydrogen (secondary N) is 2. The second kappa shape index (κ2) is 12.3. The lowest BCUT2D eigenvalue weighted by molar-refractivity contribution is 1.19. The average Bonchev–Trinajstić information content (AvgIpc) is 3.47. The molecule has 0 aliphatic carbocycles. The molecule has 0 unspecified atom stereocenters. The van der Waals surface area contributed by atoms with Gasteiger partial charge in [-0.2, -0.15) is 0 Å². The normalized spacial score (nSPS) is 11.2. The molecule has 8 aromatic rings. The van der Waals surface area contributed by atoms with E-state index in [0.29, 0.717) is 0 Å². The lowest BCUT2D eigenvalue weighted by atomic mass is 9.94. The Morgan fingerprint density at radius 3 is 1.67 bits per heavy atom. The zero-order valence-corrected chi connectivity index (χ0v) is 25.6. The number of fused-ring (bicyclic) bond motifs is 3. The molecule has 7 aromatic carbocycles. The zero-order valence-electron chi connectivity index (χ0n) is 25.6. The van der Waals surface area contributed by atoms with Crippen LogP contribution in [0.5, 0.6) is 0 Å². The summed E-state index contributed by atoms with van der Waals surface area (Å²) >= 11 is 0. The van der Waals surface area contributed by atoms with Gasteiger partial charge in [-0.3, -0.25) is 0 Å². The van der Waals surface area contributed by atoms with Gasteiger partial charge >= 0.3 is 0 Å². The Labute approximate surface area is 270 Å². The number of anilines is 2. The maximum Gasteiger partial charge on any atom is 0.0465 e. The van der Waals surface area contributed by atoms with Crippen LogP contribution in [0.25, 0.3) is 44.1 Å². The Kier molecular flexibility index (Phi) is 7.38. The van der Waals surface area contributed by atoms with Crippen molar-refractivity contribution in [1.82, 2.24) is 4.98 Å². The van der Waals surface area contributed by atoms with Gasteiger partial charge in [0.2, 0.25) is 0 Å². The Morgan fingerprint density at radius 2 is 0.957 bits per heavy atom. The smallest absolute Gasteiger partial charge is 0.0465 e. The van der Waals surface area contributed by atoms with Gasteiger partial charge in [-0.05, 0) is 100 Å². The maximum absolute atomic E-state index is 3.69. The highest BCUT2D eigenvalue weighted by Gasteiger charge is 2.12. The lowest BCUT2D eigenvalue weighted by Crippen LogP contribution is -1.95. The molecule has 1 heterocycles. The summed E-state index contributed by atoms with van der Waals surface area (Å²) in [6.07, 6.45) is 1.82. The van der Waals surface area contributed by atoms with Crippen molar-refractivity contribution in [3.63, 3.8) is 0 Å². The largest absolute Gasteiger partial charge is 0.355 e. The highest BCUT2D eigenvalue weighted by Crippen LogP contribution is 2.37. The third kappa shape index (κ3) is 5.81. The molecule has 0 bridgehead atoms. The average molecular weight is 591 g/mol. The fraction of sp³-hybridized carbons (Fsp3) is 0.0455. The summed E-state index contributed by atoms with van der Waals surface area (Å²) in [7, 11) is 0. The Balaban J connectivity index is 1.20. The molecule has 0 fully saturated rings. The van der Waals surface area contributed by atoms with Crippen LogP contribution in [0.3, 0.4) is 0 Å². The van der Waals surface area contributed by atoms with Crippen LogP contribution in [-0.2, 0) is 12.8 Å². The number of para-hydroxylation sites is 1. The highest BCUT2D eigenvalue weighted by atomic mass is 14.9. The maximum atomic E-state index is 3.69. The van der Waals surface area contributed by atoms with Gasteiger partial charge in [0, 0.05) is 38.7 Å². The monoisotopic (exact) mass is 590 g/mol. The summed E-state index contributed by atoms with van der Waals surface area (Å²) in [5.41, 5.74) is 14.5. The summed E-state index contributed by atoms with van der Waals surface area (Å²) in [4.78, 5) is 3.64. The van der Waals surface area contributed by atoms with E-state index in [1.54, 1.807) is 0 Å². The summed E-state index contributed by atoms with van der Waals surface area (Å²) in [5.74, 6) is 0. The molecule has 2 nitrogen and oxygen atoms in total. The van der Waals surface area contributed by atoms with Crippen molar-refractivity contribution in [2.75, 3.05) is 5.32 Å². The van der Waals surface area contributed by atoms with Crippen molar-refractivity contribution >= 4 is 33.2 Å². The van der Waals surface area contributed by atoms with Gasteiger partial charge in [-0.25, -0.2) is 0 Å². The fourth-order valence-corrected chi connectivity index (χ4v) is 6.49. The highest BCUT2D eigenvalue weighted by molar-refractivity contribution is 6.09. The van der Waals surface area contributed by atoms with Crippen LogP contribution in [0.4, 0.5) is 11.4 Å². The minimum absolute atomic E-state index is 0.902. The molecule has 0 saturated carbocycles. The van der Waals surface area contributed by atoms with Crippen LogP contribution in [-0.4, -0.2) is 4.98 Å². The van der Waals surface area contributed by atoms with E-state index in [4.69, 9.17) is 0 Å². The quantitative estimate of drug-likeness (QED) is 0.181. The van der Waals surface area contributed by atoms with Crippen LogP contribution in [0.2, 0.25) is 0 Å². The van der Waals surface area contributed by atoms with Gasteiger partial charge in [0.05, 0.1) is 0 Å². The van der Waals surface area contributed by atoms with Gasteiger partial charge in [0.1, 0.15) is 0 Å². The number of hydrogen-bond donors (Lipinski definition) is 2. The van der Waals surface area contributed by atoms with E-state index >= 15 is 0 Å². The van der Waals surface area contributed by atoms with E-state index in [-0.39, 0.29) is 0 Å². The number of aromatic nitrogens is 1. The van der Waals surface area contributed by atoms with Gasteiger partial charge in [-0.15, -0.1) is 0 Å². The minimum Gasteiger partial charge on any atom is -0.355 e. The van der Waals surface area contributed by atoms with Crippen molar-refractivity contribution in [2.45, 2.75) is 12.8 Å². The molecule has 220 valence electrons. The van der Waals surface area contributed by atoms with Gasteiger partial charge < -0.3 is 10.3 Å².